The van der Waals surface area contributed by atoms with Crippen molar-refractivity contribution >= 4 is 26.8 Å². The predicted molar refractivity (Wildman–Crippen MR) is 130 cm³/mol. The fourth-order valence-electron chi connectivity index (χ4n) is 3.85. The number of amides is 1. The highest BCUT2D eigenvalue weighted by atomic mass is 32.2. The van der Waals surface area contributed by atoms with Crippen molar-refractivity contribution in [3.05, 3.63) is 76.1 Å². The summed E-state index contributed by atoms with van der Waals surface area (Å²) in [6.07, 6.45) is 0. The number of fused-ring (bicyclic) bond motifs is 1. The van der Waals surface area contributed by atoms with Gasteiger partial charge in [0.25, 0.3) is 5.91 Å². The molecule has 0 saturated heterocycles. The summed E-state index contributed by atoms with van der Waals surface area (Å²) in [6.45, 7) is 4.53. The molecule has 1 atom stereocenters. The third kappa shape index (κ3) is 5.32. The average Bonchev–Trinajstić information content (AvgIpc) is 2.79. The molecule has 0 aliphatic rings. The Kier molecular flexibility index (Phi) is 7.68. The summed E-state index contributed by atoms with van der Waals surface area (Å²) in [4.78, 5) is 30.1. The zero-order valence-electron chi connectivity index (χ0n) is 19.3. The largest absolute Gasteiger partial charge is 0.350 e. The van der Waals surface area contributed by atoms with E-state index in [4.69, 9.17) is 0 Å². The van der Waals surface area contributed by atoms with Crippen molar-refractivity contribution in [2.45, 2.75) is 24.8 Å². The fourth-order valence-corrected chi connectivity index (χ4v) is 5.34. The lowest BCUT2D eigenvalue weighted by Crippen LogP contribution is -2.35. The number of pyridine rings is 1. The minimum atomic E-state index is -3.72. The molecule has 1 aromatic heterocycles. The second-order valence-corrected chi connectivity index (χ2v) is 9.88. The van der Waals surface area contributed by atoms with Gasteiger partial charge in [-0.25, -0.2) is 8.42 Å². The number of carbonyl (C=O) groups excluding carboxylic acids is 1. The van der Waals surface area contributed by atoms with Gasteiger partial charge in [0.1, 0.15) is 0 Å². The molecule has 176 valence electrons. The number of benzene rings is 2. The molecule has 8 nitrogen and oxygen atoms in total. The summed E-state index contributed by atoms with van der Waals surface area (Å²) in [5.74, 6) is -0.439. The number of nitrogens with one attached hydrogen (secondary N) is 2. The lowest BCUT2D eigenvalue weighted by Gasteiger charge is -2.25. The molecule has 0 radical (unpaired) electrons. The maximum atomic E-state index is 13.1. The van der Waals surface area contributed by atoms with E-state index in [1.807, 2.05) is 49.3 Å². The first kappa shape index (κ1) is 24.6. The molecule has 2 aromatic carbocycles. The highest BCUT2D eigenvalue weighted by Crippen LogP contribution is 2.23. The Morgan fingerprint density at radius 1 is 1.03 bits per heavy atom. The van der Waals surface area contributed by atoms with Gasteiger partial charge in [-0.1, -0.05) is 44.2 Å². The third-order valence-electron chi connectivity index (χ3n) is 5.67. The lowest BCUT2D eigenvalue weighted by atomic mass is 10.1. The van der Waals surface area contributed by atoms with Crippen molar-refractivity contribution < 1.29 is 13.2 Å². The molecule has 0 fully saturated rings. The Bertz CT molecular complexity index is 1280. The molecule has 0 aliphatic carbocycles. The van der Waals surface area contributed by atoms with Crippen LogP contribution in [0.5, 0.6) is 0 Å². The Labute approximate surface area is 194 Å². The number of aromatic nitrogens is 1. The van der Waals surface area contributed by atoms with Gasteiger partial charge in [0.15, 0.2) is 0 Å². The minimum Gasteiger partial charge on any atom is -0.350 e. The van der Waals surface area contributed by atoms with Crippen molar-refractivity contribution in [3.8, 4) is 0 Å². The lowest BCUT2D eigenvalue weighted by molar-refractivity contribution is 0.0943. The van der Waals surface area contributed by atoms with E-state index in [9.17, 15) is 18.0 Å². The molecule has 3 rings (SSSR count). The van der Waals surface area contributed by atoms with Crippen LogP contribution < -0.4 is 10.9 Å². The number of carbonyl (C=O) groups is 1. The van der Waals surface area contributed by atoms with Crippen LogP contribution in [0.2, 0.25) is 0 Å². The first-order valence-electron chi connectivity index (χ1n) is 10.9. The maximum absolute atomic E-state index is 13.1. The molecule has 1 heterocycles. The van der Waals surface area contributed by atoms with E-state index in [1.54, 1.807) is 13.8 Å². The summed E-state index contributed by atoms with van der Waals surface area (Å²) in [5.41, 5.74) is 1.15. The Balaban J connectivity index is 1.98. The minimum absolute atomic E-state index is 0.0676. The van der Waals surface area contributed by atoms with Crippen LogP contribution in [-0.4, -0.2) is 62.2 Å². The molecule has 0 bridgehead atoms. The maximum Gasteiger partial charge on any atom is 0.252 e. The normalized spacial score (nSPS) is 12.9. The van der Waals surface area contributed by atoms with Crippen molar-refractivity contribution in [3.63, 3.8) is 0 Å². The second-order valence-electron chi connectivity index (χ2n) is 7.94. The Morgan fingerprint density at radius 3 is 2.30 bits per heavy atom. The van der Waals surface area contributed by atoms with Gasteiger partial charge in [-0.2, -0.15) is 4.31 Å². The number of aromatic amines is 1. The Morgan fingerprint density at radius 2 is 1.70 bits per heavy atom. The van der Waals surface area contributed by atoms with Gasteiger partial charge in [0, 0.05) is 36.6 Å². The van der Waals surface area contributed by atoms with E-state index in [0.29, 0.717) is 30.5 Å². The van der Waals surface area contributed by atoms with Crippen LogP contribution in [0.4, 0.5) is 0 Å². The standard InChI is InChI=1S/C24H30N4O4S/c1-5-28(6-2)33(31,32)18-12-13-21-19(14-18)20(15-23(29)26-21)24(30)25-16-22(27(3)4)17-10-8-7-9-11-17/h7-15,22H,5-6,16H2,1-4H3,(H,25,30)(H,26,29)/t22-/m1/s1. The molecular formula is C24H30N4O4S. The van der Waals surface area contributed by atoms with E-state index < -0.39 is 21.5 Å². The quantitative estimate of drug-likeness (QED) is 0.500. The fraction of sp³-hybridized carbons (Fsp3) is 0.333. The molecular weight excluding hydrogens is 440 g/mol. The molecule has 0 saturated carbocycles. The monoisotopic (exact) mass is 470 g/mol. The number of likely N-dealkylation sites (N-methyl/N-ethyl adjacent to an activating group) is 1. The second kappa shape index (κ2) is 10.3. The predicted octanol–water partition coefficient (Wildman–Crippen LogP) is 2.59. The topological polar surface area (TPSA) is 103 Å². The number of hydrogen-bond donors (Lipinski definition) is 2. The summed E-state index contributed by atoms with van der Waals surface area (Å²) >= 11 is 0. The van der Waals surface area contributed by atoms with Crippen molar-refractivity contribution in [1.82, 2.24) is 19.5 Å². The smallest absolute Gasteiger partial charge is 0.252 e. The van der Waals surface area contributed by atoms with Crippen molar-refractivity contribution in [2.75, 3.05) is 33.7 Å². The van der Waals surface area contributed by atoms with Gasteiger partial charge in [0.05, 0.1) is 16.5 Å². The number of nitrogens with zero attached hydrogens (tertiary/aromatic N) is 2. The summed E-state index contributed by atoms with van der Waals surface area (Å²) < 4.78 is 27.3. The molecule has 0 unspecified atom stereocenters. The van der Waals surface area contributed by atoms with Crippen molar-refractivity contribution in [1.29, 1.82) is 0 Å². The highest BCUT2D eigenvalue weighted by Gasteiger charge is 2.23. The van der Waals surface area contributed by atoms with Gasteiger partial charge in [0.2, 0.25) is 15.6 Å². The van der Waals surface area contributed by atoms with Crippen LogP contribution in [0.1, 0.15) is 35.8 Å². The molecule has 0 spiro atoms. The zero-order valence-corrected chi connectivity index (χ0v) is 20.1. The van der Waals surface area contributed by atoms with Crippen LogP contribution in [0.25, 0.3) is 10.9 Å². The van der Waals surface area contributed by atoms with Gasteiger partial charge >= 0.3 is 0 Å². The van der Waals surface area contributed by atoms with Crippen LogP contribution in [0, 0.1) is 0 Å². The first-order valence-corrected chi connectivity index (χ1v) is 12.3. The van der Waals surface area contributed by atoms with Gasteiger partial charge in [-0.15, -0.1) is 0 Å². The van der Waals surface area contributed by atoms with Crippen LogP contribution in [0.3, 0.4) is 0 Å². The summed E-state index contributed by atoms with van der Waals surface area (Å²) in [7, 11) is 0.139. The van der Waals surface area contributed by atoms with E-state index in [2.05, 4.69) is 10.3 Å². The number of sulfonamides is 1. The van der Waals surface area contributed by atoms with E-state index in [-0.39, 0.29) is 16.5 Å². The van der Waals surface area contributed by atoms with Gasteiger partial charge < -0.3 is 15.2 Å². The number of hydrogen-bond acceptors (Lipinski definition) is 5. The number of H-pyrrole nitrogens is 1. The summed E-state index contributed by atoms with van der Waals surface area (Å²) in [6, 6.07) is 15.4. The van der Waals surface area contributed by atoms with Crippen molar-refractivity contribution in [2.24, 2.45) is 0 Å². The van der Waals surface area contributed by atoms with Gasteiger partial charge in [-0.3, -0.25) is 9.59 Å². The van der Waals surface area contributed by atoms with Crippen LogP contribution in [0.15, 0.2) is 64.3 Å². The Hall–Kier alpha value is -3.01. The SMILES string of the molecule is CCN(CC)S(=O)(=O)c1ccc2[nH]c(=O)cc(C(=O)NC[C@H](c3ccccc3)N(C)C)c2c1. The van der Waals surface area contributed by atoms with Crippen LogP contribution in [-0.2, 0) is 10.0 Å². The highest BCUT2D eigenvalue weighted by molar-refractivity contribution is 7.89. The molecule has 1 amide bonds. The van der Waals surface area contributed by atoms with Gasteiger partial charge in [-0.05, 0) is 37.9 Å². The molecule has 3 aromatic rings. The third-order valence-corrected chi connectivity index (χ3v) is 7.71. The molecule has 33 heavy (non-hydrogen) atoms. The van der Waals surface area contributed by atoms with E-state index >= 15 is 0 Å². The van der Waals surface area contributed by atoms with E-state index in [1.165, 1.54) is 28.6 Å². The first-order chi connectivity index (χ1) is 15.7. The van der Waals surface area contributed by atoms with Crippen LogP contribution >= 0.6 is 0 Å². The molecule has 0 aliphatic heterocycles. The number of rotatable bonds is 9. The van der Waals surface area contributed by atoms with E-state index in [0.717, 1.165) is 5.56 Å². The average molecular weight is 471 g/mol. The summed E-state index contributed by atoms with van der Waals surface area (Å²) in [5, 5.41) is 3.28. The molecule has 2 N–H and O–H groups in total. The zero-order chi connectivity index (χ0) is 24.2. The molecule has 9 heteroatoms.